The Hall–Kier alpha value is -1.10. The number of ether oxygens (including phenoxy) is 2. The van der Waals surface area contributed by atoms with E-state index < -0.39 is 0 Å². The first kappa shape index (κ1) is 13.3. The predicted octanol–water partition coefficient (Wildman–Crippen LogP) is 0.845. The van der Waals surface area contributed by atoms with E-state index in [9.17, 15) is 5.11 Å². The van der Waals surface area contributed by atoms with Gasteiger partial charge in [0.25, 0.3) is 0 Å². The molecule has 0 bridgehead atoms. The molecule has 1 aromatic carbocycles. The summed E-state index contributed by atoms with van der Waals surface area (Å²) in [5, 5.41) is 9.37. The molecule has 1 saturated heterocycles. The van der Waals surface area contributed by atoms with Crippen molar-refractivity contribution in [2.45, 2.75) is 24.8 Å². The van der Waals surface area contributed by atoms with Crippen molar-refractivity contribution >= 4 is 0 Å². The molecule has 1 aliphatic rings. The summed E-state index contributed by atoms with van der Waals surface area (Å²) in [6.45, 7) is 3.14. The first-order valence-electron chi connectivity index (χ1n) is 6.29. The second-order valence-corrected chi connectivity index (χ2v) is 4.83. The Morgan fingerprint density at radius 2 is 2.22 bits per heavy atom. The molecule has 1 heterocycles. The molecule has 18 heavy (non-hydrogen) atoms. The number of aryl methyl sites for hydroxylation is 1. The lowest BCUT2D eigenvalue weighted by molar-refractivity contribution is -0.0806. The van der Waals surface area contributed by atoms with Crippen LogP contribution in [0.3, 0.4) is 0 Å². The van der Waals surface area contributed by atoms with Crippen molar-refractivity contribution in [2.75, 3.05) is 26.9 Å². The molecule has 0 aliphatic carbocycles. The minimum absolute atomic E-state index is 0.0527. The average Bonchev–Trinajstić information content (AvgIpc) is 2.37. The van der Waals surface area contributed by atoms with Crippen LogP contribution in [-0.4, -0.2) is 38.1 Å². The maximum absolute atomic E-state index is 9.37. The van der Waals surface area contributed by atoms with Gasteiger partial charge in [0, 0.05) is 11.6 Å². The smallest absolute Gasteiger partial charge is 0.122 e. The summed E-state index contributed by atoms with van der Waals surface area (Å²) in [6, 6.07) is 5.82. The maximum atomic E-state index is 9.37. The van der Waals surface area contributed by atoms with Crippen LogP contribution in [0.15, 0.2) is 18.2 Å². The molecule has 2 rings (SSSR count). The lowest BCUT2D eigenvalue weighted by Crippen LogP contribution is -2.60. The number of rotatable bonds is 5. The number of hydrogen-bond acceptors (Lipinski definition) is 4. The molecule has 0 aromatic heterocycles. The largest absolute Gasteiger partial charge is 0.496 e. The first-order chi connectivity index (χ1) is 8.67. The van der Waals surface area contributed by atoms with Gasteiger partial charge in [-0.1, -0.05) is 19.1 Å². The Kier molecular flexibility index (Phi) is 3.90. The minimum Gasteiger partial charge on any atom is -0.496 e. The first-order valence-corrected chi connectivity index (χ1v) is 6.29. The monoisotopic (exact) mass is 251 g/mol. The SMILES string of the molecule is CCc1ccc(OC)c(C2(C(N)CO)COC2)c1. The standard InChI is InChI=1S/C14H21NO3/c1-3-10-4-5-12(17-2)11(6-10)14(8-18-9-14)13(15)7-16/h4-6,13,16H,3,7-9,15H2,1-2H3. The molecule has 0 spiro atoms. The Morgan fingerprint density at radius 1 is 1.50 bits per heavy atom. The van der Waals surface area contributed by atoms with Crippen molar-refractivity contribution in [3.63, 3.8) is 0 Å². The summed E-state index contributed by atoms with van der Waals surface area (Å²) in [4.78, 5) is 0. The third kappa shape index (κ3) is 2.00. The van der Waals surface area contributed by atoms with E-state index in [0.29, 0.717) is 13.2 Å². The van der Waals surface area contributed by atoms with Gasteiger partial charge in [-0.15, -0.1) is 0 Å². The van der Waals surface area contributed by atoms with Crippen LogP contribution in [0.4, 0.5) is 0 Å². The Balaban J connectivity index is 2.46. The van der Waals surface area contributed by atoms with Crippen LogP contribution < -0.4 is 10.5 Å². The van der Waals surface area contributed by atoms with E-state index in [1.807, 2.05) is 6.07 Å². The van der Waals surface area contributed by atoms with Crippen LogP contribution in [0.2, 0.25) is 0 Å². The molecule has 0 amide bonds. The van der Waals surface area contributed by atoms with Crippen molar-refractivity contribution in [1.82, 2.24) is 0 Å². The Bertz CT molecular complexity index is 416. The van der Waals surface area contributed by atoms with E-state index in [0.717, 1.165) is 17.7 Å². The molecule has 1 atom stereocenters. The summed E-state index contributed by atoms with van der Waals surface area (Å²) in [5.74, 6) is 0.819. The van der Waals surface area contributed by atoms with Gasteiger partial charge >= 0.3 is 0 Å². The highest BCUT2D eigenvalue weighted by Crippen LogP contribution is 2.40. The molecule has 100 valence electrons. The lowest BCUT2D eigenvalue weighted by atomic mass is 9.72. The molecule has 0 saturated carbocycles. The summed E-state index contributed by atoms with van der Waals surface area (Å²) in [7, 11) is 1.65. The van der Waals surface area contributed by atoms with Gasteiger partial charge in [-0.2, -0.15) is 0 Å². The number of aliphatic hydroxyl groups excluding tert-OH is 1. The molecule has 1 aromatic rings. The normalized spacial score (nSPS) is 19.1. The molecule has 3 N–H and O–H groups in total. The van der Waals surface area contributed by atoms with Gasteiger partial charge in [0.15, 0.2) is 0 Å². The summed E-state index contributed by atoms with van der Waals surface area (Å²) < 4.78 is 10.8. The van der Waals surface area contributed by atoms with E-state index in [-0.39, 0.29) is 18.1 Å². The topological polar surface area (TPSA) is 64.7 Å². The van der Waals surface area contributed by atoms with Gasteiger partial charge in [-0.3, -0.25) is 0 Å². The minimum atomic E-state index is -0.327. The van der Waals surface area contributed by atoms with Crippen molar-refractivity contribution in [3.05, 3.63) is 29.3 Å². The Morgan fingerprint density at radius 3 is 2.67 bits per heavy atom. The fourth-order valence-electron chi connectivity index (χ4n) is 2.43. The zero-order valence-corrected chi connectivity index (χ0v) is 11.0. The van der Waals surface area contributed by atoms with Crippen molar-refractivity contribution < 1.29 is 14.6 Å². The van der Waals surface area contributed by atoms with Gasteiger partial charge in [0.05, 0.1) is 32.3 Å². The number of benzene rings is 1. The fraction of sp³-hybridized carbons (Fsp3) is 0.571. The highest BCUT2D eigenvalue weighted by Gasteiger charge is 2.47. The Labute approximate surface area is 108 Å². The summed E-state index contributed by atoms with van der Waals surface area (Å²) >= 11 is 0. The predicted molar refractivity (Wildman–Crippen MR) is 69.9 cm³/mol. The summed E-state index contributed by atoms with van der Waals surface area (Å²) in [5.41, 5.74) is 8.05. The second kappa shape index (κ2) is 5.26. The zero-order valence-electron chi connectivity index (χ0n) is 11.0. The molecule has 4 heteroatoms. The van der Waals surface area contributed by atoms with Gasteiger partial charge in [-0.25, -0.2) is 0 Å². The van der Waals surface area contributed by atoms with E-state index >= 15 is 0 Å². The van der Waals surface area contributed by atoms with Crippen LogP contribution >= 0.6 is 0 Å². The second-order valence-electron chi connectivity index (χ2n) is 4.83. The van der Waals surface area contributed by atoms with E-state index in [2.05, 4.69) is 19.1 Å². The lowest BCUT2D eigenvalue weighted by Gasteiger charge is -2.46. The zero-order chi connectivity index (χ0) is 13.2. The van der Waals surface area contributed by atoms with E-state index in [1.165, 1.54) is 5.56 Å². The number of nitrogens with two attached hydrogens (primary N) is 1. The van der Waals surface area contributed by atoms with Crippen LogP contribution in [0.5, 0.6) is 5.75 Å². The number of methoxy groups -OCH3 is 1. The summed E-state index contributed by atoms with van der Waals surface area (Å²) in [6.07, 6.45) is 0.961. The average molecular weight is 251 g/mol. The number of aliphatic hydroxyl groups is 1. The van der Waals surface area contributed by atoms with Crippen molar-refractivity contribution in [2.24, 2.45) is 5.73 Å². The van der Waals surface area contributed by atoms with Gasteiger partial charge in [-0.05, 0) is 18.1 Å². The van der Waals surface area contributed by atoms with Crippen LogP contribution in [0, 0.1) is 0 Å². The van der Waals surface area contributed by atoms with Crippen molar-refractivity contribution in [1.29, 1.82) is 0 Å². The van der Waals surface area contributed by atoms with E-state index in [1.54, 1.807) is 7.11 Å². The molecular weight excluding hydrogens is 230 g/mol. The molecular formula is C14H21NO3. The highest BCUT2D eigenvalue weighted by atomic mass is 16.5. The van der Waals surface area contributed by atoms with Crippen molar-refractivity contribution in [3.8, 4) is 5.75 Å². The number of hydrogen-bond donors (Lipinski definition) is 2. The highest BCUT2D eigenvalue weighted by molar-refractivity contribution is 5.45. The molecule has 4 nitrogen and oxygen atoms in total. The van der Waals surface area contributed by atoms with Crippen LogP contribution in [-0.2, 0) is 16.6 Å². The molecule has 1 fully saturated rings. The molecule has 1 aliphatic heterocycles. The maximum Gasteiger partial charge on any atom is 0.122 e. The molecule has 1 unspecified atom stereocenters. The van der Waals surface area contributed by atoms with Crippen LogP contribution in [0.1, 0.15) is 18.1 Å². The van der Waals surface area contributed by atoms with Gasteiger partial charge in [0.1, 0.15) is 5.75 Å². The van der Waals surface area contributed by atoms with Gasteiger partial charge < -0.3 is 20.3 Å². The molecule has 0 radical (unpaired) electrons. The third-order valence-corrected chi connectivity index (χ3v) is 3.83. The van der Waals surface area contributed by atoms with Crippen LogP contribution in [0.25, 0.3) is 0 Å². The van der Waals surface area contributed by atoms with Gasteiger partial charge in [0.2, 0.25) is 0 Å². The van der Waals surface area contributed by atoms with E-state index in [4.69, 9.17) is 15.2 Å². The quantitative estimate of drug-likeness (QED) is 0.814. The fourth-order valence-corrected chi connectivity index (χ4v) is 2.43. The third-order valence-electron chi connectivity index (χ3n) is 3.83.